The molecular weight excluding hydrogens is 464 g/mol. The lowest BCUT2D eigenvalue weighted by Crippen LogP contribution is -2.59. The number of hydrogen-bond acceptors (Lipinski definition) is 5. The van der Waals surface area contributed by atoms with Crippen LogP contribution in [0.1, 0.15) is 77.2 Å². The van der Waals surface area contributed by atoms with E-state index in [0.717, 1.165) is 47.7 Å². The van der Waals surface area contributed by atoms with Gasteiger partial charge in [-0.3, -0.25) is 14.5 Å². The molecule has 4 heterocycles. The highest BCUT2D eigenvalue weighted by atomic mass is 16.4. The molecule has 2 saturated carbocycles. The molecule has 198 valence electrons. The second-order valence-corrected chi connectivity index (χ2v) is 13.0. The van der Waals surface area contributed by atoms with Crippen molar-refractivity contribution in [1.82, 2.24) is 14.5 Å². The van der Waals surface area contributed by atoms with Crippen LogP contribution >= 0.6 is 0 Å². The van der Waals surface area contributed by atoms with Crippen molar-refractivity contribution in [2.24, 2.45) is 23.7 Å². The maximum absolute atomic E-state index is 14.0. The minimum atomic E-state index is -0.793. The summed E-state index contributed by atoms with van der Waals surface area (Å²) in [5, 5.41) is 9.35. The van der Waals surface area contributed by atoms with Gasteiger partial charge >= 0.3 is 5.97 Å². The van der Waals surface area contributed by atoms with E-state index in [1.54, 1.807) is 0 Å². The molecule has 7 nitrogen and oxygen atoms in total. The predicted molar refractivity (Wildman–Crippen MR) is 144 cm³/mol. The topological polar surface area (TPSA) is 78.7 Å². The Kier molecular flexibility index (Phi) is 5.83. The lowest BCUT2D eigenvalue weighted by molar-refractivity contribution is -0.142. The van der Waals surface area contributed by atoms with Crippen LogP contribution in [0, 0.1) is 23.7 Å². The van der Waals surface area contributed by atoms with Gasteiger partial charge in [-0.2, -0.15) is 0 Å². The summed E-state index contributed by atoms with van der Waals surface area (Å²) in [7, 11) is 0. The van der Waals surface area contributed by atoms with Gasteiger partial charge in [0.05, 0.1) is 17.0 Å². The number of carbonyl (C=O) groups is 1. The molecule has 0 radical (unpaired) electrons. The van der Waals surface area contributed by atoms with Crippen molar-refractivity contribution in [1.29, 1.82) is 0 Å². The van der Waals surface area contributed by atoms with Gasteiger partial charge in [-0.1, -0.05) is 25.5 Å². The second kappa shape index (κ2) is 9.11. The average Bonchev–Trinajstić information content (AvgIpc) is 2.81. The summed E-state index contributed by atoms with van der Waals surface area (Å²) in [5.41, 5.74) is 1.71. The number of rotatable bonds is 4. The molecule has 0 amide bonds. The van der Waals surface area contributed by atoms with Crippen LogP contribution in [0.15, 0.2) is 29.1 Å². The third-order valence-electron chi connectivity index (χ3n) is 10.4. The molecule has 5 fully saturated rings. The Morgan fingerprint density at radius 2 is 1.57 bits per heavy atom. The number of fused-ring (bicyclic) bond motifs is 5. The molecule has 0 spiro atoms. The van der Waals surface area contributed by atoms with Crippen LogP contribution in [0.3, 0.4) is 0 Å². The molecule has 1 aromatic heterocycles. The summed E-state index contributed by atoms with van der Waals surface area (Å²) >= 11 is 0. The van der Waals surface area contributed by atoms with Gasteiger partial charge in [-0.25, -0.2) is 4.98 Å². The molecule has 1 N–H and O–H groups in total. The van der Waals surface area contributed by atoms with E-state index >= 15 is 0 Å². The Labute approximate surface area is 218 Å². The molecule has 37 heavy (non-hydrogen) atoms. The van der Waals surface area contributed by atoms with Crippen LogP contribution in [0.4, 0.5) is 5.82 Å². The second-order valence-electron chi connectivity index (χ2n) is 13.0. The monoisotopic (exact) mass is 504 g/mol. The van der Waals surface area contributed by atoms with Gasteiger partial charge in [0.2, 0.25) is 0 Å². The number of anilines is 1. The molecule has 5 aliphatic rings. The Morgan fingerprint density at radius 3 is 2.24 bits per heavy atom. The van der Waals surface area contributed by atoms with Crippen LogP contribution in [0.5, 0.6) is 0 Å². The first kappa shape index (κ1) is 23.7. The van der Waals surface area contributed by atoms with Crippen molar-refractivity contribution in [2.75, 3.05) is 18.0 Å². The number of piperidine rings is 2. The molecule has 2 aromatic rings. The fourth-order valence-electron chi connectivity index (χ4n) is 9.11. The van der Waals surface area contributed by atoms with Gasteiger partial charge < -0.3 is 14.6 Å². The van der Waals surface area contributed by atoms with E-state index < -0.39 is 11.9 Å². The zero-order chi connectivity index (χ0) is 25.3. The Hall–Kier alpha value is -2.41. The predicted octanol–water partition coefficient (Wildman–Crippen LogP) is 4.69. The molecule has 1 aromatic carbocycles. The molecule has 7 rings (SSSR count). The largest absolute Gasteiger partial charge is 0.481 e. The first-order valence-electron chi connectivity index (χ1n) is 14.7. The summed E-state index contributed by atoms with van der Waals surface area (Å²) < 4.78 is 2.05. The van der Waals surface area contributed by atoms with Gasteiger partial charge in [0.15, 0.2) is 5.82 Å². The number of para-hydroxylation sites is 2. The molecule has 4 bridgehead atoms. The molecule has 7 atom stereocenters. The maximum Gasteiger partial charge on any atom is 0.310 e. The van der Waals surface area contributed by atoms with E-state index in [9.17, 15) is 14.7 Å². The van der Waals surface area contributed by atoms with Crippen molar-refractivity contribution < 1.29 is 9.90 Å². The van der Waals surface area contributed by atoms with Crippen molar-refractivity contribution in [2.45, 2.75) is 95.3 Å². The SMILES string of the molecule is CC1C[C@@H]2CC(N3[C@@H]4CCC[C@H]3CC(n3c(=O)c(N5CC(C(=O)O)C5)nc5ccccc53)C4)C[C@H](C1)C2. The Bertz CT molecular complexity index is 1220. The fraction of sp³-hybridized carbons (Fsp3) is 0.700. The minimum absolute atomic E-state index is 0.0414. The van der Waals surface area contributed by atoms with E-state index in [1.165, 1.54) is 51.4 Å². The third kappa shape index (κ3) is 4.08. The summed E-state index contributed by atoms with van der Waals surface area (Å²) in [6, 6.07) is 10.0. The van der Waals surface area contributed by atoms with Gasteiger partial charge in [0.25, 0.3) is 5.56 Å². The van der Waals surface area contributed by atoms with Gasteiger partial charge in [-0.05, 0) is 87.7 Å². The van der Waals surface area contributed by atoms with Crippen LogP contribution in [0.2, 0.25) is 0 Å². The van der Waals surface area contributed by atoms with Crippen molar-refractivity contribution in [3.8, 4) is 0 Å². The molecule has 3 aliphatic heterocycles. The summed E-state index contributed by atoms with van der Waals surface area (Å²) in [6.07, 6.45) is 12.9. The van der Waals surface area contributed by atoms with Crippen LogP contribution in [-0.2, 0) is 4.79 Å². The minimum Gasteiger partial charge on any atom is -0.481 e. The number of benzene rings is 1. The smallest absolute Gasteiger partial charge is 0.310 e. The first-order valence-corrected chi connectivity index (χ1v) is 14.7. The first-order chi connectivity index (χ1) is 17.9. The normalized spacial score (nSPS) is 36.4. The van der Waals surface area contributed by atoms with Gasteiger partial charge in [0.1, 0.15) is 0 Å². The summed E-state index contributed by atoms with van der Waals surface area (Å²) in [6.45, 7) is 3.18. The van der Waals surface area contributed by atoms with E-state index in [0.29, 0.717) is 31.0 Å². The van der Waals surface area contributed by atoms with E-state index in [2.05, 4.69) is 11.8 Å². The molecule has 3 unspecified atom stereocenters. The highest BCUT2D eigenvalue weighted by Crippen LogP contribution is 2.48. The van der Waals surface area contributed by atoms with Crippen molar-refractivity contribution >= 4 is 22.8 Å². The summed E-state index contributed by atoms with van der Waals surface area (Å²) in [5.74, 6) is 1.93. The third-order valence-corrected chi connectivity index (χ3v) is 10.4. The Balaban J connectivity index is 1.19. The molecular formula is C30H40N4O3. The Morgan fingerprint density at radius 1 is 0.892 bits per heavy atom. The zero-order valence-corrected chi connectivity index (χ0v) is 22.0. The number of hydrogen-bond donors (Lipinski definition) is 1. The van der Waals surface area contributed by atoms with E-state index in [-0.39, 0.29) is 11.6 Å². The highest BCUT2D eigenvalue weighted by Gasteiger charge is 2.46. The lowest BCUT2D eigenvalue weighted by Gasteiger charge is -2.56. The van der Waals surface area contributed by atoms with Crippen molar-refractivity contribution in [3.05, 3.63) is 34.6 Å². The van der Waals surface area contributed by atoms with Crippen LogP contribution < -0.4 is 10.5 Å². The quantitative estimate of drug-likeness (QED) is 0.651. The number of carboxylic acids is 1. The summed E-state index contributed by atoms with van der Waals surface area (Å²) in [4.78, 5) is 34.9. The van der Waals surface area contributed by atoms with Gasteiger partial charge in [0, 0.05) is 37.3 Å². The highest BCUT2D eigenvalue weighted by molar-refractivity contribution is 5.78. The molecule has 3 saturated heterocycles. The number of carboxylic acid groups (broad SMARTS) is 1. The fourth-order valence-corrected chi connectivity index (χ4v) is 9.11. The maximum atomic E-state index is 14.0. The number of aliphatic carboxylic acids is 1. The van der Waals surface area contributed by atoms with Crippen molar-refractivity contribution in [3.63, 3.8) is 0 Å². The van der Waals surface area contributed by atoms with E-state index in [1.807, 2.05) is 33.7 Å². The standard InChI is InChI=1S/C30H40N4O3/c1-18-9-19-11-20(10-18)13-24(12-19)33-22-5-4-6-23(33)15-25(14-22)34-27-8-3-2-7-26(27)31-28(29(34)35)32-16-21(17-32)30(36)37/h2-3,7-8,18-25H,4-6,9-17H2,1H3,(H,36,37)/t18?,19-,20+,22-,23+,24?,25?. The number of aromatic nitrogens is 2. The van der Waals surface area contributed by atoms with Gasteiger partial charge in [-0.15, -0.1) is 0 Å². The van der Waals surface area contributed by atoms with Crippen LogP contribution in [-0.4, -0.2) is 56.7 Å². The lowest BCUT2D eigenvalue weighted by atomic mass is 9.65. The molecule has 2 aliphatic carbocycles. The zero-order valence-electron chi connectivity index (χ0n) is 22.0. The number of nitrogens with zero attached hydrogens (tertiary/aromatic N) is 4. The average molecular weight is 505 g/mol. The van der Waals surface area contributed by atoms with E-state index in [4.69, 9.17) is 4.98 Å². The van der Waals surface area contributed by atoms with Crippen LogP contribution in [0.25, 0.3) is 11.0 Å². The molecule has 7 heteroatoms.